The van der Waals surface area contributed by atoms with E-state index in [1.54, 1.807) is 4.90 Å². The number of nitrogens with one attached hydrogen (secondary N) is 1. The van der Waals surface area contributed by atoms with Crippen LogP contribution in [0.15, 0.2) is 47.8 Å². The summed E-state index contributed by atoms with van der Waals surface area (Å²) in [6.45, 7) is 4.69. The van der Waals surface area contributed by atoms with Gasteiger partial charge in [-0.1, -0.05) is 57.4 Å². The molecule has 4 nitrogen and oxygen atoms in total. The summed E-state index contributed by atoms with van der Waals surface area (Å²) in [5.41, 5.74) is 0.621. The molecule has 1 atom stereocenters. The van der Waals surface area contributed by atoms with Crippen molar-refractivity contribution in [2.45, 2.75) is 58.0 Å². The Morgan fingerprint density at radius 3 is 2.39 bits per heavy atom. The second-order valence-electron chi connectivity index (χ2n) is 7.98. The van der Waals surface area contributed by atoms with Crippen LogP contribution in [0.2, 0.25) is 0 Å². The number of hydrogen-bond acceptors (Lipinski definition) is 3. The van der Waals surface area contributed by atoms with Crippen LogP contribution in [0.25, 0.3) is 0 Å². The molecule has 1 aromatic heterocycles. The lowest BCUT2D eigenvalue weighted by Gasteiger charge is -2.33. The van der Waals surface area contributed by atoms with Gasteiger partial charge in [0.1, 0.15) is 6.04 Å². The highest BCUT2D eigenvalue weighted by molar-refractivity contribution is 7.10. The first-order valence-electron chi connectivity index (χ1n) is 10.3. The largest absolute Gasteiger partial charge is 0.351 e. The van der Waals surface area contributed by atoms with Crippen LogP contribution in [0.1, 0.15) is 67.2 Å². The van der Waals surface area contributed by atoms with E-state index in [0.717, 1.165) is 30.6 Å². The van der Waals surface area contributed by atoms with Crippen LogP contribution < -0.4 is 5.32 Å². The fourth-order valence-corrected chi connectivity index (χ4v) is 4.68. The number of carbonyl (C=O) groups excluding carboxylic acids is 2. The first-order chi connectivity index (χ1) is 13.6. The van der Waals surface area contributed by atoms with Crippen molar-refractivity contribution in [2.75, 3.05) is 6.54 Å². The predicted molar refractivity (Wildman–Crippen MR) is 114 cm³/mol. The third-order valence-electron chi connectivity index (χ3n) is 5.17. The average molecular weight is 399 g/mol. The zero-order valence-electron chi connectivity index (χ0n) is 16.8. The zero-order chi connectivity index (χ0) is 19.9. The van der Waals surface area contributed by atoms with E-state index in [9.17, 15) is 9.59 Å². The molecule has 2 aromatic rings. The van der Waals surface area contributed by atoms with Gasteiger partial charge in [0.15, 0.2) is 0 Å². The molecule has 1 N–H and O–H groups in total. The lowest BCUT2D eigenvalue weighted by atomic mass is 9.95. The highest BCUT2D eigenvalue weighted by Gasteiger charge is 2.34. The maximum atomic E-state index is 13.4. The Bertz CT molecular complexity index is 752. The molecular formula is C23H30N2O2S. The van der Waals surface area contributed by atoms with E-state index in [2.05, 4.69) is 19.2 Å². The standard InChI is InChI=1S/C23H30N2O2S/c1-17(2)16-25(23(27)18-10-5-3-6-11-18)21(20-14-9-15-28-20)22(26)24-19-12-7-4-8-13-19/h3,5-6,9-11,14-15,17,19,21H,4,7-8,12-13,16H2,1-2H3,(H,24,26). The van der Waals surface area contributed by atoms with Gasteiger partial charge in [-0.15, -0.1) is 11.3 Å². The Morgan fingerprint density at radius 1 is 1.07 bits per heavy atom. The monoisotopic (exact) mass is 398 g/mol. The van der Waals surface area contributed by atoms with Crippen molar-refractivity contribution in [1.29, 1.82) is 0 Å². The molecule has 1 saturated carbocycles. The molecule has 1 aliphatic carbocycles. The highest BCUT2D eigenvalue weighted by Crippen LogP contribution is 2.29. The van der Waals surface area contributed by atoms with E-state index in [0.29, 0.717) is 12.1 Å². The minimum Gasteiger partial charge on any atom is -0.351 e. The SMILES string of the molecule is CC(C)CN(C(=O)c1ccccc1)C(C(=O)NC1CCCCC1)c1cccs1. The first kappa shape index (κ1) is 20.6. The molecule has 5 heteroatoms. The molecule has 28 heavy (non-hydrogen) atoms. The van der Waals surface area contributed by atoms with Gasteiger partial charge in [0, 0.05) is 23.0 Å². The molecule has 1 aromatic carbocycles. The maximum Gasteiger partial charge on any atom is 0.254 e. The predicted octanol–water partition coefficient (Wildman–Crippen LogP) is 5.04. The summed E-state index contributed by atoms with van der Waals surface area (Å²) >= 11 is 1.53. The van der Waals surface area contributed by atoms with Crippen LogP contribution >= 0.6 is 11.3 Å². The summed E-state index contributed by atoms with van der Waals surface area (Å²) in [5.74, 6) is 0.114. The number of amides is 2. The summed E-state index contributed by atoms with van der Waals surface area (Å²) in [6, 6.07) is 12.8. The molecule has 0 aliphatic heterocycles. The van der Waals surface area contributed by atoms with E-state index in [-0.39, 0.29) is 23.8 Å². The first-order valence-corrected chi connectivity index (χ1v) is 11.1. The normalized spacial score (nSPS) is 16.0. The quantitative estimate of drug-likeness (QED) is 0.710. The summed E-state index contributed by atoms with van der Waals surface area (Å²) in [4.78, 5) is 29.4. The summed E-state index contributed by atoms with van der Waals surface area (Å²) in [7, 11) is 0. The molecule has 0 bridgehead atoms. The molecule has 0 spiro atoms. The number of thiophene rings is 1. The maximum absolute atomic E-state index is 13.4. The molecule has 150 valence electrons. The van der Waals surface area contributed by atoms with Crippen LogP contribution in [0.3, 0.4) is 0 Å². The molecule has 1 unspecified atom stereocenters. The fraction of sp³-hybridized carbons (Fsp3) is 0.478. The van der Waals surface area contributed by atoms with Crippen molar-refractivity contribution in [2.24, 2.45) is 5.92 Å². The molecule has 1 heterocycles. The Hall–Kier alpha value is -2.14. The second kappa shape index (κ2) is 9.87. The van der Waals surface area contributed by atoms with Gasteiger partial charge in [-0.2, -0.15) is 0 Å². The summed E-state index contributed by atoms with van der Waals surface area (Å²) < 4.78 is 0. The summed E-state index contributed by atoms with van der Waals surface area (Å²) in [6.07, 6.45) is 5.62. The van der Waals surface area contributed by atoms with Gasteiger partial charge < -0.3 is 10.2 Å². The van der Waals surface area contributed by atoms with Gasteiger partial charge in [0.05, 0.1) is 0 Å². The van der Waals surface area contributed by atoms with Crippen LogP contribution in [-0.4, -0.2) is 29.3 Å². The van der Waals surface area contributed by atoms with E-state index >= 15 is 0 Å². The van der Waals surface area contributed by atoms with E-state index in [1.165, 1.54) is 17.8 Å². The number of nitrogens with zero attached hydrogens (tertiary/aromatic N) is 1. The van der Waals surface area contributed by atoms with Gasteiger partial charge in [-0.25, -0.2) is 0 Å². The Kier molecular flexibility index (Phi) is 7.26. The number of benzene rings is 1. The zero-order valence-corrected chi connectivity index (χ0v) is 17.6. The van der Waals surface area contributed by atoms with E-state index in [4.69, 9.17) is 0 Å². The van der Waals surface area contributed by atoms with Crippen molar-refractivity contribution < 1.29 is 9.59 Å². The lowest BCUT2D eigenvalue weighted by Crippen LogP contribution is -2.47. The van der Waals surface area contributed by atoms with Gasteiger partial charge in [-0.3, -0.25) is 9.59 Å². The molecular weight excluding hydrogens is 368 g/mol. The third-order valence-corrected chi connectivity index (χ3v) is 6.09. The minimum atomic E-state index is -0.586. The van der Waals surface area contributed by atoms with Crippen LogP contribution in [-0.2, 0) is 4.79 Å². The van der Waals surface area contributed by atoms with Crippen molar-refractivity contribution in [3.63, 3.8) is 0 Å². The molecule has 0 radical (unpaired) electrons. The van der Waals surface area contributed by atoms with Gasteiger partial charge >= 0.3 is 0 Å². The number of hydrogen-bond donors (Lipinski definition) is 1. The Balaban J connectivity index is 1.90. The van der Waals surface area contributed by atoms with Crippen molar-refractivity contribution in [3.8, 4) is 0 Å². The van der Waals surface area contributed by atoms with Crippen LogP contribution in [0.5, 0.6) is 0 Å². The van der Waals surface area contributed by atoms with Gasteiger partial charge in [-0.05, 0) is 42.3 Å². The summed E-state index contributed by atoms with van der Waals surface area (Å²) in [5, 5.41) is 5.21. The van der Waals surface area contributed by atoms with Crippen molar-refractivity contribution >= 4 is 23.2 Å². The van der Waals surface area contributed by atoms with E-state index in [1.807, 2.05) is 47.8 Å². The van der Waals surface area contributed by atoms with Crippen molar-refractivity contribution in [3.05, 3.63) is 58.3 Å². The molecule has 2 amide bonds. The molecule has 3 rings (SSSR count). The van der Waals surface area contributed by atoms with Gasteiger partial charge in [0.25, 0.3) is 5.91 Å². The topological polar surface area (TPSA) is 49.4 Å². The Labute approximate surface area is 172 Å². The van der Waals surface area contributed by atoms with E-state index < -0.39 is 6.04 Å². The minimum absolute atomic E-state index is 0.0562. The smallest absolute Gasteiger partial charge is 0.254 e. The van der Waals surface area contributed by atoms with Gasteiger partial charge in [0.2, 0.25) is 5.91 Å². The number of carbonyl (C=O) groups is 2. The Morgan fingerprint density at radius 2 is 1.79 bits per heavy atom. The number of rotatable bonds is 7. The molecule has 1 aliphatic rings. The van der Waals surface area contributed by atoms with Crippen LogP contribution in [0, 0.1) is 5.92 Å². The van der Waals surface area contributed by atoms with Crippen molar-refractivity contribution in [1.82, 2.24) is 10.2 Å². The molecule has 0 saturated heterocycles. The molecule has 1 fully saturated rings. The average Bonchev–Trinajstić information content (AvgIpc) is 3.22. The second-order valence-corrected chi connectivity index (χ2v) is 8.96. The fourth-order valence-electron chi connectivity index (χ4n) is 3.84. The lowest BCUT2D eigenvalue weighted by molar-refractivity contribution is -0.126. The van der Waals surface area contributed by atoms with Crippen LogP contribution in [0.4, 0.5) is 0 Å². The third kappa shape index (κ3) is 5.22. The highest BCUT2D eigenvalue weighted by atomic mass is 32.1.